The molecule has 1 aliphatic rings. The minimum absolute atomic E-state index is 0.163. The first kappa shape index (κ1) is 14.3. The summed E-state index contributed by atoms with van der Waals surface area (Å²) in [6.07, 6.45) is 5.92. The van der Waals surface area contributed by atoms with Gasteiger partial charge in [0.1, 0.15) is 5.82 Å². The lowest BCUT2D eigenvalue weighted by Crippen LogP contribution is -2.24. The van der Waals surface area contributed by atoms with Gasteiger partial charge in [0.2, 0.25) is 0 Å². The molecule has 0 amide bonds. The molecule has 1 nitrogen and oxygen atoms in total. The molecule has 0 radical (unpaired) electrons. The van der Waals surface area contributed by atoms with Crippen molar-refractivity contribution in [3.63, 3.8) is 0 Å². The second-order valence-electron chi connectivity index (χ2n) is 5.83. The van der Waals surface area contributed by atoms with E-state index in [4.69, 9.17) is 0 Å². The number of fused-ring (bicyclic) bond motifs is 1. The number of hydrogen-bond donors (Lipinski definition) is 1. The average Bonchev–Trinajstić information content (AvgIpc) is 2.72. The molecule has 0 heterocycles. The first-order valence-corrected chi connectivity index (χ1v) is 7.88. The molecule has 0 bridgehead atoms. The maximum atomic E-state index is 12.9. The molecule has 110 valence electrons. The topological polar surface area (TPSA) is 12.0 Å². The molecular weight excluding hydrogens is 261 g/mol. The van der Waals surface area contributed by atoms with Gasteiger partial charge >= 0.3 is 0 Å². The molecule has 0 saturated carbocycles. The van der Waals surface area contributed by atoms with Crippen LogP contribution in [0, 0.1) is 5.82 Å². The van der Waals surface area contributed by atoms with Gasteiger partial charge < -0.3 is 5.32 Å². The molecule has 2 aromatic carbocycles. The second kappa shape index (κ2) is 6.86. The molecule has 0 fully saturated rings. The highest BCUT2D eigenvalue weighted by Crippen LogP contribution is 2.28. The Morgan fingerprint density at radius 3 is 2.67 bits per heavy atom. The summed E-state index contributed by atoms with van der Waals surface area (Å²) >= 11 is 0. The summed E-state index contributed by atoms with van der Waals surface area (Å²) in [6.45, 7) is 0.935. The lowest BCUT2D eigenvalue weighted by molar-refractivity contribution is 0.492. The van der Waals surface area contributed by atoms with E-state index in [1.54, 1.807) is 0 Å². The summed E-state index contributed by atoms with van der Waals surface area (Å²) < 4.78 is 12.9. The van der Waals surface area contributed by atoms with Crippen molar-refractivity contribution in [1.29, 1.82) is 0 Å². The molecule has 0 spiro atoms. The first-order valence-electron chi connectivity index (χ1n) is 7.88. The van der Waals surface area contributed by atoms with E-state index >= 15 is 0 Å². The van der Waals surface area contributed by atoms with Crippen molar-refractivity contribution in [2.75, 3.05) is 6.54 Å². The van der Waals surface area contributed by atoms with E-state index in [0.717, 1.165) is 13.0 Å². The fraction of sp³-hybridized carbons (Fsp3) is 0.368. The van der Waals surface area contributed by atoms with E-state index in [-0.39, 0.29) is 5.82 Å². The molecule has 2 heteroatoms. The summed E-state index contributed by atoms with van der Waals surface area (Å²) in [5, 5.41) is 3.69. The fourth-order valence-corrected chi connectivity index (χ4v) is 3.18. The van der Waals surface area contributed by atoms with E-state index in [9.17, 15) is 4.39 Å². The number of halogens is 1. The summed E-state index contributed by atoms with van der Waals surface area (Å²) in [5.74, 6) is -0.163. The number of benzene rings is 2. The molecule has 1 aliphatic carbocycles. The molecular formula is C19H22FN. The Balaban J connectivity index is 1.61. The van der Waals surface area contributed by atoms with Gasteiger partial charge in [-0.1, -0.05) is 42.8 Å². The van der Waals surface area contributed by atoms with Gasteiger partial charge in [-0.3, -0.25) is 0 Å². The average molecular weight is 283 g/mol. The van der Waals surface area contributed by atoms with Crippen LogP contribution in [0.15, 0.2) is 48.5 Å². The Bertz CT molecular complexity index is 576. The Morgan fingerprint density at radius 2 is 1.81 bits per heavy atom. The zero-order chi connectivity index (χ0) is 14.5. The smallest absolute Gasteiger partial charge is 0.123 e. The van der Waals surface area contributed by atoms with Crippen LogP contribution in [-0.4, -0.2) is 6.54 Å². The van der Waals surface area contributed by atoms with E-state index < -0.39 is 0 Å². The quantitative estimate of drug-likeness (QED) is 0.819. The lowest BCUT2D eigenvalue weighted by Gasteiger charge is -2.19. The monoisotopic (exact) mass is 283 g/mol. The molecule has 21 heavy (non-hydrogen) atoms. The summed E-state index contributed by atoms with van der Waals surface area (Å²) in [5.41, 5.74) is 4.15. The summed E-state index contributed by atoms with van der Waals surface area (Å²) in [6, 6.07) is 16.1. The van der Waals surface area contributed by atoms with Crippen molar-refractivity contribution in [1.82, 2.24) is 5.32 Å². The zero-order valence-electron chi connectivity index (χ0n) is 12.3. The van der Waals surface area contributed by atoms with Crippen molar-refractivity contribution >= 4 is 0 Å². The Morgan fingerprint density at radius 1 is 1.00 bits per heavy atom. The van der Waals surface area contributed by atoms with Crippen molar-refractivity contribution in [2.24, 2.45) is 0 Å². The predicted molar refractivity (Wildman–Crippen MR) is 84.8 cm³/mol. The van der Waals surface area contributed by atoms with Crippen LogP contribution < -0.4 is 5.32 Å². The van der Waals surface area contributed by atoms with Crippen molar-refractivity contribution in [2.45, 2.75) is 38.1 Å². The van der Waals surface area contributed by atoms with Gasteiger partial charge in [0, 0.05) is 6.04 Å². The third-order valence-corrected chi connectivity index (χ3v) is 4.34. The van der Waals surface area contributed by atoms with Crippen LogP contribution in [0.2, 0.25) is 0 Å². The number of nitrogens with one attached hydrogen (secondary N) is 1. The molecule has 1 N–H and O–H groups in total. The highest BCUT2D eigenvalue weighted by molar-refractivity contribution is 5.31. The second-order valence-corrected chi connectivity index (χ2v) is 5.83. The van der Waals surface area contributed by atoms with Gasteiger partial charge in [-0.05, 0) is 61.1 Å². The standard InChI is InChI=1S/C19H22FN/c20-17-11-9-15(10-12-17)13-14-21-19-8-4-2-6-16-5-1-3-7-18(16)19/h1,3,5,7,9-12,19,21H,2,4,6,8,13-14H2. The van der Waals surface area contributed by atoms with Crippen LogP contribution in [0.25, 0.3) is 0 Å². The number of hydrogen-bond acceptors (Lipinski definition) is 1. The SMILES string of the molecule is Fc1ccc(CCNC2CCCCc3ccccc32)cc1. The van der Waals surface area contributed by atoms with Crippen LogP contribution >= 0.6 is 0 Å². The summed E-state index contributed by atoms with van der Waals surface area (Å²) in [7, 11) is 0. The van der Waals surface area contributed by atoms with Crippen molar-refractivity contribution in [3.05, 3.63) is 71.0 Å². The maximum Gasteiger partial charge on any atom is 0.123 e. The largest absolute Gasteiger partial charge is 0.310 e. The minimum atomic E-state index is -0.163. The van der Waals surface area contributed by atoms with Gasteiger partial charge in [0.25, 0.3) is 0 Å². The third kappa shape index (κ3) is 3.70. The third-order valence-electron chi connectivity index (χ3n) is 4.34. The van der Waals surface area contributed by atoms with Crippen LogP contribution in [-0.2, 0) is 12.8 Å². The zero-order valence-corrected chi connectivity index (χ0v) is 12.3. The van der Waals surface area contributed by atoms with Crippen LogP contribution in [0.3, 0.4) is 0 Å². The van der Waals surface area contributed by atoms with Gasteiger partial charge in [-0.15, -0.1) is 0 Å². The number of aryl methyl sites for hydroxylation is 1. The molecule has 0 aliphatic heterocycles. The van der Waals surface area contributed by atoms with E-state index in [1.165, 1.54) is 54.5 Å². The maximum absolute atomic E-state index is 12.9. The van der Waals surface area contributed by atoms with Gasteiger partial charge in [0.15, 0.2) is 0 Å². The molecule has 1 unspecified atom stereocenters. The van der Waals surface area contributed by atoms with Gasteiger partial charge in [0.05, 0.1) is 0 Å². The van der Waals surface area contributed by atoms with Crippen LogP contribution in [0.4, 0.5) is 4.39 Å². The Kier molecular flexibility index (Phi) is 4.66. The lowest BCUT2D eigenvalue weighted by atomic mass is 9.99. The van der Waals surface area contributed by atoms with Gasteiger partial charge in [-0.2, -0.15) is 0 Å². The molecule has 1 atom stereocenters. The number of rotatable bonds is 4. The van der Waals surface area contributed by atoms with Crippen LogP contribution in [0.5, 0.6) is 0 Å². The molecule has 3 rings (SSSR count). The minimum Gasteiger partial charge on any atom is -0.310 e. The molecule has 2 aromatic rings. The van der Waals surface area contributed by atoms with Crippen molar-refractivity contribution < 1.29 is 4.39 Å². The van der Waals surface area contributed by atoms with Crippen molar-refractivity contribution in [3.8, 4) is 0 Å². The normalized spacial score (nSPS) is 18.0. The van der Waals surface area contributed by atoms with Crippen LogP contribution in [0.1, 0.15) is 42.0 Å². The summed E-state index contributed by atoms with van der Waals surface area (Å²) in [4.78, 5) is 0. The highest BCUT2D eigenvalue weighted by atomic mass is 19.1. The first-order chi connectivity index (χ1) is 10.3. The fourth-order valence-electron chi connectivity index (χ4n) is 3.18. The van der Waals surface area contributed by atoms with E-state index in [2.05, 4.69) is 29.6 Å². The Hall–Kier alpha value is -1.67. The molecule has 0 saturated heterocycles. The predicted octanol–water partition coefficient (Wildman–Crippen LogP) is 4.43. The Labute approximate surface area is 126 Å². The van der Waals surface area contributed by atoms with E-state index in [0.29, 0.717) is 6.04 Å². The van der Waals surface area contributed by atoms with E-state index in [1.807, 2.05) is 12.1 Å². The highest BCUT2D eigenvalue weighted by Gasteiger charge is 2.17. The molecule has 0 aromatic heterocycles. The van der Waals surface area contributed by atoms with Gasteiger partial charge in [-0.25, -0.2) is 4.39 Å².